The minimum absolute atomic E-state index is 0.123. The Balaban J connectivity index is 1.89. The van der Waals surface area contributed by atoms with E-state index in [0.717, 1.165) is 30.6 Å². The number of benzene rings is 1. The predicted octanol–water partition coefficient (Wildman–Crippen LogP) is 3.28. The van der Waals surface area contributed by atoms with Gasteiger partial charge in [0.15, 0.2) is 0 Å². The standard InChI is InChI=1S/C15H22FNO/c1-15(2,3)14(17)7-5-12-9-10-8-11(16)4-6-13(10)18-12/h4,6,8,12,14H,5,7,9,17H2,1-3H3. The average Bonchev–Trinajstić information content (AvgIpc) is 2.66. The largest absolute Gasteiger partial charge is 0.490 e. The summed E-state index contributed by atoms with van der Waals surface area (Å²) < 4.78 is 18.9. The van der Waals surface area contributed by atoms with E-state index in [1.54, 1.807) is 12.1 Å². The van der Waals surface area contributed by atoms with Crippen LogP contribution in [0.5, 0.6) is 5.75 Å². The molecule has 0 spiro atoms. The number of halogens is 1. The topological polar surface area (TPSA) is 35.2 Å². The van der Waals surface area contributed by atoms with Crippen molar-refractivity contribution in [2.45, 2.75) is 52.2 Å². The summed E-state index contributed by atoms with van der Waals surface area (Å²) in [5.41, 5.74) is 7.24. The van der Waals surface area contributed by atoms with E-state index in [-0.39, 0.29) is 23.4 Å². The molecule has 0 saturated heterocycles. The predicted molar refractivity (Wildman–Crippen MR) is 71.2 cm³/mol. The molecule has 2 rings (SSSR count). The molecule has 2 unspecified atom stereocenters. The van der Waals surface area contributed by atoms with Gasteiger partial charge in [0.1, 0.15) is 17.7 Å². The quantitative estimate of drug-likeness (QED) is 0.894. The molecule has 0 amide bonds. The Morgan fingerprint density at radius 3 is 2.83 bits per heavy atom. The Labute approximate surface area is 108 Å². The second kappa shape index (κ2) is 4.88. The van der Waals surface area contributed by atoms with Gasteiger partial charge in [0, 0.05) is 18.0 Å². The van der Waals surface area contributed by atoms with E-state index in [4.69, 9.17) is 10.5 Å². The molecule has 0 fully saturated rings. The highest BCUT2D eigenvalue weighted by molar-refractivity contribution is 5.37. The van der Waals surface area contributed by atoms with Gasteiger partial charge in [-0.2, -0.15) is 0 Å². The van der Waals surface area contributed by atoms with Gasteiger partial charge in [-0.15, -0.1) is 0 Å². The number of ether oxygens (including phenoxy) is 1. The molecule has 2 nitrogen and oxygen atoms in total. The number of nitrogens with two attached hydrogens (primary N) is 1. The second-order valence-corrected chi connectivity index (χ2v) is 6.25. The maximum atomic E-state index is 13.1. The molecule has 0 bridgehead atoms. The van der Waals surface area contributed by atoms with Crippen LogP contribution in [-0.2, 0) is 6.42 Å². The summed E-state index contributed by atoms with van der Waals surface area (Å²) in [5, 5.41) is 0. The molecule has 2 N–H and O–H groups in total. The third-order valence-electron chi connectivity index (χ3n) is 3.68. The second-order valence-electron chi connectivity index (χ2n) is 6.25. The number of hydrogen-bond acceptors (Lipinski definition) is 2. The molecular weight excluding hydrogens is 229 g/mol. The van der Waals surface area contributed by atoms with E-state index in [2.05, 4.69) is 20.8 Å². The van der Waals surface area contributed by atoms with E-state index >= 15 is 0 Å². The Morgan fingerprint density at radius 2 is 2.17 bits per heavy atom. The lowest BCUT2D eigenvalue weighted by Crippen LogP contribution is -2.36. The molecule has 18 heavy (non-hydrogen) atoms. The zero-order chi connectivity index (χ0) is 13.3. The minimum atomic E-state index is -0.190. The third-order valence-corrected chi connectivity index (χ3v) is 3.68. The van der Waals surface area contributed by atoms with Gasteiger partial charge in [0.25, 0.3) is 0 Å². The first-order valence-corrected chi connectivity index (χ1v) is 6.57. The number of rotatable bonds is 3. The summed E-state index contributed by atoms with van der Waals surface area (Å²) in [6, 6.07) is 4.90. The van der Waals surface area contributed by atoms with Crippen LogP contribution in [0.25, 0.3) is 0 Å². The van der Waals surface area contributed by atoms with Crippen LogP contribution in [0.4, 0.5) is 4.39 Å². The Hall–Kier alpha value is -1.09. The number of hydrogen-bond donors (Lipinski definition) is 1. The van der Waals surface area contributed by atoms with Crippen molar-refractivity contribution in [1.82, 2.24) is 0 Å². The van der Waals surface area contributed by atoms with Gasteiger partial charge in [-0.3, -0.25) is 0 Å². The highest BCUT2D eigenvalue weighted by atomic mass is 19.1. The fraction of sp³-hybridized carbons (Fsp3) is 0.600. The number of fused-ring (bicyclic) bond motifs is 1. The van der Waals surface area contributed by atoms with Crippen LogP contribution >= 0.6 is 0 Å². The minimum Gasteiger partial charge on any atom is -0.490 e. The van der Waals surface area contributed by atoms with Crippen molar-refractivity contribution in [3.8, 4) is 5.75 Å². The summed E-state index contributed by atoms with van der Waals surface area (Å²) >= 11 is 0. The normalized spacial score (nSPS) is 20.4. The maximum Gasteiger partial charge on any atom is 0.123 e. The zero-order valence-electron chi connectivity index (χ0n) is 11.4. The molecule has 0 aromatic heterocycles. The lowest BCUT2D eigenvalue weighted by Gasteiger charge is -2.27. The summed E-state index contributed by atoms with van der Waals surface area (Å²) in [4.78, 5) is 0. The highest BCUT2D eigenvalue weighted by Crippen LogP contribution is 2.32. The van der Waals surface area contributed by atoms with Crippen molar-refractivity contribution in [2.24, 2.45) is 11.1 Å². The van der Waals surface area contributed by atoms with Crippen LogP contribution in [0.2, 0.25) is 0 Å². The van der Waals surface area contributed by atoms with Crippen molar-refractivity contribution >= 4 is 0 Å². The summed E-state index contributed by atoms with van der Waals surface area (Å²) in [5.74, 6) is 0.634. The lowest BCUT2D eigenvalue weighted by molar-refractivity contribution is 0.198. The Bertz CT molecular complexity index is 425. The van der Waals surface area contributed by atoms with Crippen LogP contribution in [0.15, 0.2) is 18.2 Å². The molecular formula is C15H22FNO. The van der Waals surface area contributed by atoms with Gasteiger partial charge in [-0.1, -0.05) is 20.8 Å². The molecule has 0 aliphatic carbocycles. The van der Waals surface area contributed by atoms with E-state index in [9.17, 15) is 4.39 Å². The molecule has 1 heterocycles. The molecule has 0 radical (unpaired) electrons. The fourth-order valence-electron chi connectivity index (χ4n) is 2.25. The monoisotopic (exact) mass is 251 g/mol. The molecule has 1 aliphatic rings. The van der Waals surface area contributed by atoms with Gasteiger partial charge < -0.3 is 10.5 Å². The maximum absolute atomic E-state index is 13.1. The van der Waals surface area contributed by atoms with E-state index in [0.29, 0.717) is 0 Å². The van der Waals surface area contributed by atoms with E-state index in [1.165, 1.54) is 6.07 Å². The molecule has 100 valence electrons. The SMILES string of the molecule is CC(C)(C)C(N)CCC1Cc2cc(F)ccc2O1. The molecule has 1 aromatic rings. The van der Waals surface area contributed by atoms with Gasteiger partial charge in [0.05, 0.1) is 0 Å². The van der Waals surface area contributed by atoms with Crippen LogP contribution < -0.4 is 10.5 Å². The van der Waals surface area contributed by atoms with Gasteiger partial charge in [-0.25, -0.2) is 4.39 Å². The molecule has 1 aliphatic heterocycles. The van der Waals surface area contributed by atoms with Gasteiger partial charge in [0.2, 0.25) is 0 Å². The van der Waals surface area contributed by atoms with Crippen molar-refractivity contribution in [1.29, 1.82) is 0 Å². The molecule has 1 aromatic carbocycles. The summed E-state index contributed by atoms with van der Waals surface area (Å²) in [7, 11) is 0. The van der Waals surface area contributed by atoms with Crippen LogP contribution in [0, 0.1) is 11.2 Å². The Kier molecular flexibility index (Phi) is 3.62. The highest BCUT2D eigenvalue weighted by Gasteiger charge is 2.26. The fourth-order valence-corrected chi connectivity index (χ4v) is 2.25. The molecule has 3 heteroatoms. The smallest absolute Gasteiger partial charge is 0.123 e. The van der Waals surface area contributed by atoms with Crippen molar-refractivity contribution in [3.05, 3.63) is 29.6 Å². The van der Waals surface area contributed by atoms with Crippen molar-refractivity contribution in [3.63, 3.8) is 0 Å². The first-order chi connectivity index (χ1) is 8.36. The van der Waals surface area contributed by atoms with Crippen molar-refractivity contribution < 1.29 is 9.13 Å². The summed E-state index contributed by atoms with van der Waals surface area (Å²) in [6.45, 7) is 6.45. The first kappa shape index (κ1) is 13.3. The van der Waals surface area contributed by atoms with E-state index < -0.39 is 0 Å². The average molecular weight is 251 g/mol. The zero-order valence-corrected chi connectivity index (χ0v) is 11.4. The lowest BCUT2D eigenvalue weighted by atomic mass is 9.84. The Morgan fingerprint density at radius 1 is 1.44 bits per heavy atom. The van der Waals surface area contributed by atoms with Crippen molar-refractivity contribution in [2.75, 3.05) is 0 Å². The third kappa shape index (κ3) is 3.02. The molecule has 2 atom stereocenters. The van der Waals surface area contributed by atoms with Crippen LogP contribution in [-0.4, -0.2) is 12.1 Å². The van der Waals surface area contributed by atoms with Crippen LogP contribution in [0.3, 0.4) is 0 Å². The first-order valence-electron chi connectivity index (χ1n) is 6.57. The van der Waals surface area contributed by atoms with Gasteiger partial charge >= 0.3 is 0 Å². The van der Waals surface area contributed by atoms with E-state index in [1.807, 2.05) is 0 Å². The van der Waals surface area contributed by atoms with Crippen LogP contribution in [0.1, 0.15) is 39.2 Å². The van der Waals surface area contributed by atoms with Gasteiger partial charge in [-0.05, 0) is 36.5 Å². The summed E-state index contributed by atoms with van der Waals surface area (Å²) in [6.07, 6.45) is 2.80. The molecule has 0 saturated carbocycles.